The molecule has 0 N–H and O–H groups in total. The summed E-state index contributed by atoms with van der Waals surface area (Å²) in [6, 6.07) is 12.6. The Hall–Kier alpha value is -1.22. The van der Waals surface area contributed by atoms with E-state index in [0.717, 1.165) is 36.8 Å². The minimum atomic E-state index is -4.31. The van der Waals surface area contributed by atoms with Crippen LogP contribution in [-0.2, 0) is 50.1 Å². The van der Waals surface area contributed by atoms with E-state index in [1.54, 1.807) is 24.3 Å². The predicted octanol–water partition coefficient (Wildman–Crippen LogP) is 10.1. The fraction of sp³-hybridized carbons (Fsp3) is 0.667. The van der Waals surface area contributed by atoms with Crippen molar-refractivity contribution in [2.75, 3.05) is 0 Å². The van der Waals surface area contributed by atoms with E-state index in [1.807, 2.05) is 0 Å². The van der Waals surface area contributed by atoms with E-state index in [1.165, 1.54) is 140 Å². The normalized spacial score (nSPS) is 11.5. The van der Waals surface area contributed by atoms with Gasteiger partial charge < -0.3 is 9.11 Å². The zero-order valence-corrected chi connectivity index (χ0v) is 30.5. The van der Waals surface area contributed by atoms with Crippen LogP contribution in [0.4, 0.5) is 0 Å². The number of benzene rings is 2. The van der Waals surface area contributed by atoms with Crippen molar-refractivity contribution in [2.45, 2.75) is 165 Å². The van der Waals surface area contributed by atoms with Crippen molar-refractivity contribution in [2.24, 2.45) is 0 Å². The summed E-state index contributed by atoms with van der Waals surface area (Å²) in [7, 11) is -8.63. The summed E-state index contributed by atoms with van der Waals surface area (Å²) in [6.45, 7) is 4.49. The smallest absolute Gasteiger partial charge is 0.744 e. The minimum Gasteiger partial charge on any atom is -0.744 e. The molecule has 0 spiro atoms. The Kier molecular flexibility index (Phi) is 26.1. The Balaban J connectivity index is 0.000000842. The molecule has 0 aromatic heterocycles. The fourth-order valence-electron chi connectivity index (χ4n) is 5.28. The van der Waals surface area contributed by atoms with Gasteiger partial charge in [0.25, 0.3) is 0 Å². The van der Waals surface area contributed by atoms with Crippen LogP contribution in [0.1, 0.15) is 153 Å². The second kappa shape index (κ2) is 26.8. The van der Waals surface area contributed by atoms with Gasteiger partial charge in [-0.1, -0.05) is 154 Å². The maximum atomic E-state index is 10.8. The van der Waals surface area contributed by atoms with E-state index in [9.17, 15) is 25.9 Å². The van der Waals surface area contributed by atoms with Crippen LogP contribution in [-0.4, -0.2) is 25.9 Å². The Bertz CT molecular complexity index is 1090. The molecule has 0 radical (unpaired) electrons. The van der Waals surface area contributed by atoms with Crippen LogP contribution in [0.25, 0.3) is 0 Å². The van der Waals surface area contributed by atoms with Gasteiger partial charge in [0.2, 0.25) is 0 Å². The van der Waals surface area contributed by atoms with Crippen molar-refractivity contribution < 1.29 is 43.0 Å². The quantitative estimate of drug-likeness (QED) is 0.0610. The van der Waals surface area contributed by atoms with Crippen LogP contribution in [0.15, 0.2) is 58.3 Å². The fourth-order valence-corrected chi connectivity index (χ4v) is 6.22. The number of aryl methyl sites for hydroxylation is 2. The van der Waals surface area contributed by atoms with E-state index < -0.39 is 20.2 Å². The van der Waals surface area contributed by atoms with Crippen LogP contribution < -0.4 is 0 Å². The summed E-state index contributed by atoms with van der Waals surface area (Å²) < 4.78 is 65.0. The van der Waals surface area contributed by atoms with Crippen LogP contribution in [0.3, 0.4) is 0 Å². The number of hydrogen-bond acceptors (Lipinski definition) is 6. The number of hydrogen-bond donors (Lipinski definition) is 0. The summed E-state index contributed by atoms with van der Waals surface area (Å²) in [5.74, 6) is 0. The van der Waals surface area contributed by atoms with E-state index in [0.29, 0.717) is 0 Å². The van der Waals surface area contributed by atoms with E-state index in [-0.39, 0.29) is 26.9 Å². The van der Waals surface area contributed by atoms with Crippen molar-refractivity contribution in [1.82, 2.24) is 0 Å². The van der Waals surface area contributed by atoms with Gasteiger partial charge in [-0.25, -0.2) is 16.8 Å². The molecule has 2 rings (SSSR count). The van der Waals surface area contributed by atoms with Gasteiger partial charge in [0, 0.05) is 0 Å². The Morgan fingerprint density at radius 3 is 0.844 bits per heavy atom. The summed E-state index contributed by atoms with van der Waals surface area (Å²) in [6.07, 6.45) is 28.1. The molecule has 0 fully saturated rings. The third-order valence-corrected chi connectivity index (χ3v) is 9.76. The molecule has 0 atom stereocenters. The molecule has 0 aliphatic carbocycles. The van der Waals surface area contributed by atoms with Crippen LogP contribution in [0.5, 0.6) is 0 Å². The molecule has 45 heavy (non-hydrogen) atoms. The van der Waals surface area contributed by atoms with Gasteiger partial charge in [0.05, 0.1) is 9.79 Å². The first kappa shape index (κ1) is 43.8. The topological polar surface area (TPSA) is 114 Å². The maximum absolute atomic E-state index is 10.8. The third-order valence-electron chi connectivity index (χ3n) is 8.06. The van der Waals surface area contributed by atoms with Gasteiger partial charge in [0.15, 0.2) is 0 Å². The van der Waals surface area contributed by atoms with Crippen LogP contribution >= 0.6 is 0 Å². The standard InChI is InChI=1S/2C18H30O3S.Fe/c2*1-2-3-4-5-6-7-8-9-10-11-12-17-13-15-18(16-14-17)22(19,20)21;/h2*13-16H,2-12H2,1H3,(H,19,20,21);/q;;+2/p-2. The molecule has 0 unspecified atom stereocenters. The molecule has 0 saturated heterocycles. The number of rotatable bonds is 24. The SMILES string of the molecule is CCCCCCCCCCCCc1ccc(S(=O)(=O)[O-])cc1.CCCCCCCCCCCCc1ccc(S(=O)(=O)[O-])cc1.[Fe+2]. The molecular weight excluding hydrogens is 648 g/mol. The summed E-state index contributed by atoms with van der Waals surface area (Å²) in [5, 5.41) is 0. The molecule has 6 nitrogen and oxygen atoms in total. The maximum Gasteiger partial charge on any atom is 2.00 e. The van der Waals surface area contributed by atoms with Crippen molar-refractivity contribution in [3.05, 3.63) is 59.7 Å². The molecule has 2 aromatic rings. The zero-order chi connectivity index (χ0) is 32.5. The minimum absolute atomic E-state index is 0. The summed E-state index contributed by atoms with van der Waals surface area (Å²) >= 11 is 0. The molecular formula is C36H58FeO6S2. The van der Waals surface area contributed by atoms with Crippen molar-refractivity contribution >= 4 is 20.2 Å². The third kappa shape index (κ3) is 23.7. The Morgan fingerprint density at radius 1 is 0.400 bits per heavy atom. The van der Waals surface area contributed by atoms with Crippen molar-refractivity contribution in [3.63, 3.8) is 0 Å². The average Bonchev–Trinajstić information content (AvgIpc) is 2.99. The Labute approximate surface area is 286 Å². The van der Waals surface area contributed by atoms with Crippen molar-refractivity contribution in [1.29, 1.82) is 0 Å². The van der Waals surface area contributed by atoms with Gasteiger partial charge in [0.1, 0.15) is 20.2 Å². The molecule has 0 bridgehead atoms. The molecule has 0 aliphatic heterocycles. The average molecular weight is 707 g/mol. The van der Waals surface area contributed by atoms with Gasteiger partial charge in [-0.3, -0.25) is 0 Å². The first-order valence-electron chi connectivity index (χ1n) is 17.2. The molecule has 258 valence electrons. The largest absolute Gasteiger partial charge is 2.00 e. The molecule has 0 heterocycles. The molecule has 0 amide bonds. The van der Waals surface area contributed by atoms with Gasteiger partial charge in [-0.15, -0.1) is 0 Å². The summed E-state index contributed by atoms with van der Waals surface area (Å²) in [4.78, 5) is -0.279. The molecule has 0 saturated carbocycles. The van der Waals surface area contributed by atoms with E-state index >= 15 is 0 Å². The predicted molar refractivity (Wildman–Crippen MR) is 180 cm³/mol. The molecule has 9 heteroatoms. The molecule has 2 aromatic carbocycles. The molecule has 0 aliphatic rings. The summed E-state index contributed by atoms with van der Waals surface area (Å²) in [5.41, 5.74) is 2.21. The number of unbranched alkanes of at least 4 members (excludes halogenated alkanes) is 18. The zero-order valence-electron chi connectivity index (χ0n) is 27.8. The van der Waals surface area contributed by atoms with Crippen molar-refractivity contribution in [3.8, 4) is 0 Å². The van der Waals surface area contributed by atoms with Crippen LogP contribution in [0.2, 0.25) is 0 Å². The second-order valence-electron chi connectivity index (χ2n) is 12.1. The first-order chi connectivity index (χ1) is 21.1. The Morgan fingerprint density at radius 2 is 0.622 bits per heavy atom. The first-order valence-corrected chi connectivity index (χ1v) is 20.0. The monoisotopic (exact) mass is 706 g/mol. The van der Waals surface area contributed by atoms with E-state index in [2.05, 4.69) is 13.8 Å². The van der Waals surface area contributed by atoms with Gasteiger partial charge >= 0.3 is 17.1 Å². The van der Waals surface area contributed by atoms with E-state index in [4.69, 9.17) is 0 Å². The second-order valence-corrected chi connectivity index (χ2v) is 14.8. The van der Waals surface area contributed by atoms with Gasteiger partial charge in [-0.2, -0.15) is 0 Å². The van der Waals surface area contributed by atoms with Gasteiger partial charge in [-0.05, 0) is 61.1 Å². The van der Waals surface area contributed by atoms with Crippen LogP contribution in [0, 0.1) is 0 Å².